The summed E-state index contributed by atoms with van der Waals surface area (Å²) in [5, 5.41) is 13.0. The molecule has 0 atom stereocenters. The number of hydrogen-bond acceptors (Lipinski definition) is 3. The molecule has 5 nitrogen and oxygen atoms in total. The van der Waals surface area contributed by atoms with Crippen LogP contribution >= 0.6 is 0 Å². The van der Waals surface area contributed by atoms with Crippen LogP contribution in [0, 0.1) is 5.82 Å². The molecule has 3 heterocycles. The summed E-state index contributed by atoms with van der Waals surface area (Å²) in [7, 11) is 0. The molecule has 5 rings (SSSR count). The van der Waals surface area contributed by atoms with Gasteiger partial charge in [-0.1, -0.05) is 18.2 Å². The molecule has 0 saturated carbocycles. The molecule has 1 saturated heterocycles. The Hall–Kier alpha value is -3.41. The average Bonchev–Trinajstić information content (AvgIpc) is 3.08. The number of likely N-dealkylation sites (tertiary alicyclic amines) is 1. The number of carbonyl (C=O) groups is 1. The van der Waals surface area contributed by atoms with Gasteiger partial charge in [-0.3, -0.25) is 9.78 Å². The molecule has 2 aromatic carbocycles. The average molecular weight is 403 g/mol. The molecule has 0 unspecified atom stereocenters. The molecule has 1 amide bonds. The molecule has 1 aliphatic heterocycles. The molecule has 0 spiro atoms. The summed E-state index contributed by atoms with van der Waals surface area (Å²) in [5.41, 5.74) is 2.13. The van der Waals surface area contributed by atoms with Crippen LogP contribution in [0.15, 0.2) is 54.9 Å². The maximum atomic E-state index is 13.5. The molecular weight excluding hydrogens is 381 g/mol. The van der Waals surface area contributed by atoms with E-state index in [1.165, 1.54) is 12.1 Å². The molecule has 0 aliphatic carbocycles. The van der Waals surface area contributed by atoms with Crippen LogP contribution in [0.3, 0.4) is 0 Å². The van der Waals surface area contributed by atoms with E-state index in [1.807, 2.05) is 29.3 Å². The summed E-state index contributed by atoms with van der Waals surface area (Å²) in [6.07, 6.45) is 6.67. The van der Waals surface area contributed by atoms with Crippen molar-refractivity contribution in [3.63, 3.8) is 0 Å². The molecule has 1 aliphatic rings. The number of aromatic hydroxyl groups is 1. The highest BCUT2D eigenvalue weighted by molar-refractivity contribution is 6.18. The summed E-state index contributed by atoms with van der Waals surface area (Å²) < 4.78 is 14.9. The number of halogens is 1. The standard InChI is InChI=1S/C24H22FN3O2/c25-17-8-6-16(7-9-17)14-28-15-20-19(23(28)29)13-21-18(5-4-10-26-21)22(20)24(30)27-11-2-1-3-12-27/h4-10,13,15,29H,1-3,11-12,14H2. The molecule has 1 N–H and O–H groups in total. The Morgan fingerprint density at radius 3 is 2.57 bits per heavy atom. The van der Waals surface area contributed by atoms with Crippen molar-refractivity contribution >= 4 is 27.6 Å². The number of nitrogens with zero attached hydrogens (tertiary/aromatic N) is 3. The van der Waals surface area contributed by atoms with Crippen LogP contribution in [-0.2, 0) is 6.54 Å². The normalized spacial score (nSPS) is 14.5. The first kappa shape index (κ1) is 18.6. The van der Waals surface area contributed by atoms with Crippen molar-refractivity contribution in [3.05, 3.63) is 71.8 Å². The third-order valence-electron chi connectivity index (χ3n) is 5.87. The van der Waals surface area contributed by atoms with E-state index in [0.717, 1.165) is 43.3 Å². The summed E-state index contributed by atoms with van der Waals surface area (Å²) in [5.74, 6) is -0.237. The molecular formula is C24H22FN3O2. The Labute approximate surface area is 173 Å². The third kappa shape index (κ3) is 3.18. The number of carbonyl (C=O) groups excluding carboxylic acids is 1. The first-order valence-corrected chi connectivity index (χ1v) is 10.2. The quantitative estimate of drug-likeness (QED) is 0.539. The summed E-state index contributed by atoms with van der Waals surface area (Å²) in [4.78, 5) is 19.8. The van der Waals surface area contributed by atoms with Gasteiger partial charge in [-0.25, -0.2) is 4.39 Å². The lowest BCUT2D eigenvalue weighted by Crippen LogP contribution is -2.35. The molecule has 1 fully saturated rings. The van der Waals surface area contributed by atoms with Gasteiger partial charge in [-0.2, -0.15) is 0 Å². The zero-order valence-electron chi connectivity index (χ0n) is 16.5. The fraction of sp³-hybridized carbons (Fsp3) is 0.250. The van der Waals surface area contributed by atoms with Crippen molar-refractivity contribution < 1.29 is 14.3 Å². The Kier molecular flexibility index (Phi) is 4.62. The molecule has 4 aromatic rings. The van der Waals surface area contributed by atoms with Crippen molar-refractivity contribution in [2.45, 2.75) is 25.8 Å². The predicted octanol–water partition coefficient (Wildman–Crippen LogP) is 4.71. The minimum absolute atomic E-state index is 0.0165. The van der Waals surface area contributed by atoms with Crippen LogP contribution in [0.25, 0.3) is 21.7 Å². The number of amides is 1. The Balaban J connectivity index is 1.67. The van der Waals surface area contributed by atoms with Crippen molar-refractivity contribution in [2.75, 3.05) is 13.1 Å². The monoisotopic (exact) mass is 403 g/mol. The van der Waals surface area contributed by atoms with Crippen LogP contribution in [0.2, 0.25) is 0 Å². The molecule has 0 radical (unpaired) electrons. The maximum Gasteiger partial charge on any atom is 0.255 e. The van der Waals surface area contributed by atoms with Crippen molar-refractivity contribution in [2.24, 2.45) is 0 Å². The van der Waals surface area contributed by atoms with Crippen molar-refractivity contribution in [1.29, 1.82) is 0 Å². The Morgan fingerprint density at radius 2 is 1.80 bits per heavy atom. The second-order valence-electron chi connectivity index (χ2n) is 7.84. The Morgan fingerprint density at radius 1 is 1.03 bits per heavy atom. The molecule has 30 heavy (non-hydrogen) atoms. The van der Waals surface area contributed by atoms with Crippen LogP contribution in [0.5, 0.6) is 5.88 Å². The van der Waals surface area contributed by atoms with Gasteiger partial charge >= 0.3 is 0 Å². The van der Waals surface area contributed by atoms with Gasteiger partial charge in [0.2, 0.25) is 0 Å². The third-order valence-corrected chi connectivity index (χ3v) is 5.87. The van der Waals surface area contributed by atoms with Crippen LogP contribution in [-0.4, -0.2) is 38.6 Å². The van der Waals surface area contributed by atoms with E-state index in [0.29, 0.717) is 28.4 Å². The number of pyridine rings is 1. The summed E-state index contributed by atoms with van der Waals surface area (Å²) >= 11 is 0. The van der Waals surface area contributed by atoms with Gasteiger partial charge in [-0.15, -0.1) is 0 Å². The fourth-order valence-corrected chi connectivity index (χ4v) is 4.32. The largest absolute Gasteiger partial charge is 0.494 e. The smallest absolute Gasteiger partial charge is 0.255 e. The number of fused-ring (bicyclic) bond motifs is 2. The zero-order chi connectivity index (χ0) is 20.7. The van der Waals surface area contributed by atoms with E-state index in [1.54, 1.807) is 22.9 Å². The predicted molar refractivity (Wildman–Crippen MR) is 114 cm³/mol. The zero-order valence-corrected chi connectivity index (χ0v) is 16.5. The lowest BCUT2D eigenvalue weighted by Gasteiger charge is -2.27. The number of benzene rings is 2. The van der Waals surface area contributed by atoms with Gasteiger partial charge < -0.3 is 14.6 Å². The van der Waals surface area contributed by atoms with Crippen molar-refractivity contribution in [1.82, 2.24) is 14.5 Å². The SMILES string of the molecule is O=C(c1c2cccnc2cc2c(O)n(Cc3ccc(F)cc3)cc12)N1CCCCC1. The van der Waals surface area contributed by atoms with Gasteiger partial charge in [-0.05, 0) is 49.1 Å². The minimum Gasteiger partial charge on any atom is -0.494 e. The molecule has 2 aromatic heterocycles. The van der Waals surface area contributed by atoms with E-state index < -0.39 is 0 Å². The van der Waals surface area contributed by atoms with Gasteiger partial charge in [0, 0.05) is 41.6 Å². The first-order valence-electron chi connectivity index (χ1n) is 10.2. The molecule has 6 heteroatoms. The highest BCUT2D eigenvalue weighted by Gasteiger charge is 2.25. The second-order valence-corrected chi connectivity index (χ2v) is 7.84. The van der Waals surface area contributed by atoms with Crippen LogP contribution < -0.4 is 0 Å². The lowest BCUT2D eigenvalue weighted by atomic mass is 10.00. The van der Waals surface area contributed by atoms with Crippen molar-refractivity contribution in [3.8, 4) is 5.88 Å². The highest BCUT2D eigenvalue weighted by Crippen LogP contribution is 2.36. The lowest BCUT2D eigenvalue weighted by molar-refractivity contribution is 0.0728. The number of rotatable bonds is 3. The first-order chi connectivity index (χ1) is 14.6. The molecule has 0 bridgehead atoms. The van der Waals surface area contributed by atoms with E-state index in [9.17, 15) is 14.3 Å². The van der Waals surface area contributed by atoms with E-state index in [2.05, 4.69) is 4.98 Å². The molecule has 152 valence electrons. The van der Waals surface area contributed by atoms with E-state index in [4.69, 9.17) is 0 Å². The van der Waals surface area contributed by atoms with Crippen LogP contribution in [0.4, 0.5) is 4.39 Å². The van der Waals surface area contributed by atoms with Gasteiger partial charge in [0.1, 0.15) is 5.82 Å². The maximum absolute atomic E-state index is 13.5. The second kappa shape index (κ2) is 7.44. The van der Waals surface area contributed by atoms with Gasteiger partial charge in [0.25, 0.3) is 5.91 Å². The topological polar surface area (TPSA) is 58.4 Å². The van der Waals surface area contributed by atoms with Gasteiger partial charge in [0.05, 0.1) is 17.6 Å². The fourth-order valence-electron chi connectivity index (χ4n) is 4.32. The number of hydrogen-bond donors (Lipinski definition) is 1. The number of aromatic nitrogens is 2. The Bertz CT molecular complexity index is 1240. The summed E-state index contributed by atoms with van der Waals surface area (Å²) in [6.45, 7) is 1.88. The minimum atomic E-state index is -0.299. The van der Waals surface area contributed by atoms with Crippen LogP contribution in [0.1, 0.15) is 35.2 Å². The highest BCUT2D eigenvalue weighted by atomic mass is 19.1. The van der Waals surface area contributed by atoms with E-state index >= 15 is 0 Å². The summed E-state index contributed by atoms with van der Waals surface area (Å²) in [6, 6.07) is 11.8. The number of piperidine rings is 1. The van der Waals surface area contributed by atoms with E-state index in [-0.39, 0.29) is 17.6 Å². The van der Waals surface area contributed by atoms with Gasteiger partial charge in [0.15, 0.2) is 5.88 Å².